The second kappa shape index (κ2) is 11.6. The maximum atomic E-state index is 13.6. The number of sulfonamides is 1. The van der Waals surface area contributed by atoms with Gasteiger partial charge in [-0.05, 0) is 43.4 Å². The summed E-state index contributed by atoms with van der Waals surface area (Å²) >= 11 is 0. The molecule has 1 aromatic rings. The second-order valence-corrected chi connectivity index (χ2v) is 12.4. The molecule has 4 heterocycles. The van der Waals surface area contributed by atoms with Crippen LogP contribution in [-0.2, 0) is 24.3 Å². The third kappa shape index (κ3) is 6.56. The lowest BCUT2D eigenvalue weighted by atomic mass is 9.92. The molecule has 3 atom stereocenters. The molecule has 210 valence electrons. The first kappa shape index (κ1) is 27.5. The molecule has 5 rings (SSSR count). The van der Waals surface area contributed by atoms with Crippen molar-refractivity contribution in [3.05, 3.63) is 41.1 Å². The standard InChI is InChI=1S/C27H36N6O5S/c1-18-12-19(2)17-33(16-18)26-5-4-21(15-28-26)31-39(35,36)25-13-22-23(29-20(3)30-27(22)34)14-24(25)38-11-8-32-6-9-37-10-7-32/h4-5,13-15,18-19,22,31H,6-12,16-17H2,1-3H3/t18-,19-,22?/m1/s1. The molecular weight excluding hydrogens is 520 g/mol. The molecule has 11 nitrogen and oxygen atoms in total. The molecule has 0 saturated carbocycles. The number of hydrogen-bond donors (Lipinski definition) is 1. The van der Waals surface area contributed by atoms with E-state index in [1.165, 1.54) is 24.8 Å². The molecule has 0 aromatic carbocycles. The van der Waals surface area contributed by atoms with Crippen molar-refractivity contribution in [3.8, 4) is 0 Å². The number of pyridine rings is 1. The zero-order valence-corrected chi connectivity index (χ0v) is 23.5. The molecule has 1 unspecified atom stereocenters. The maximum absolute atomic E-state index is 13.6. The van der Waals surface area contributed by atoms with Crippen molar-refractivity contribution in [2.24, 2.45) is 27.7 Å². The number of nitrogens with zero attached hydrogens (tertiary/aromatic N) is 5. The van der Waals surface area contributed by atoms with Crippen LogP contribution >= 0.6 is 0 Å². The minimum atomic E-state index is -4.11. The average Bonchev–Trinajstić information content (AvgIpc) is 2.88. The fourth-order valence-electron chi connectivity index (χ4n) is 5.49. The number of ether oxygens (including phenoxy) is 2. The minimum absolute atomic E-state index is 0.112. The van der Waals surface area contributed by atoms with Crippen molar-refractivity contribution in [3.63, 3.8) is 0 Å². The number of fused-ring (bicyclic) bond motifs is 1. The molecule has 3 aliphatic heterocycles. The van der Waals surface area contributed by atoms with Crippen LogP contribution in [0.1, 0.15) is 27.2 Å². The SMILES string of the molecule is CC1=NC(=O)C2C=C(S(=O)(=O)Nc3ccc(N4C[C@H](C)C[C@@H](C)C4)nc3)C(OCCN3CCOCC3)=CC2=N1. The Morgan fingerprint density at radius 2 is 1.87 bits per heavy atom. The number of aromatic nitrogens is 1. The first-order valence-corrected chi connectivity index (χ1v) is 14.9. The van der Waals surface area contributed by atoms with Gasteiger partial charge in [0, 0.05) is 38.8 Å². The fraction of sp³-hybridized carbons (Fsp3) is 0.556. The highest BCUT2D eigenvalue weighted by Gasteiger charge is 2.35. The summed E-state index contributed by atoms with van der Waals surface area (Å²) in [4.78, 5) is 29.7. The Kier molecular flexibility index (Phi) is 8.15. The van der Waals surface area contributed by atoms with Crippen LogP contribution in [0, 0.1) is 17.8 Å². The van der Waals surface area contributed by atoms with Gasteiger partial charge < -0.3 is 14.4 Å². The highest BCUT2D eigenvalue weighted by molar-refractivity contribution is 7.96. The highest BCUT2D eigenvalue weighted by Crippen LogP contribution is 2.31. The molecule has 0 spiro atoms. The molecule has 2 saturated heterocycles. The summed E-state index contributed by atoms with van der Waals surface area (Å²) in [5.41, 5.74) is 0.748. The quantitative estimate of drug-likeness (QED) is 0.518. The maximum Gasteiger partial charge on any atom is 0.265 e. The molecule has 0 radical (unpaired) electrons. The van der Waals surface area contributed by atoms with Crippen molar-refractivity contribution in [1.29, 1.82) is 0 Å². The van der Waals surface area contributed by atoms with Crippen LogP contribution in [0.2, 0.25) is 0 Å². The van der Waals surface area contributed by atoms with Crippen molar-refractivity contribution in [2.75, 3.05) is 62.2 Å². The van der Waals surface area contributed by atoms with E-state index in [4.69, 9.17) is 9.47 Å². The summed E-state index contributed by atoms with van der Waals surface area (Å²) in [6.07, 6.45) is 5.63. The van der Waals surface area contributed by atoms with Crippen LogP contribution < -0.4 is 9.62 Å². The predicted molar refractivity (Wildman–Crippen MR) is 150 cm³/mol. The van der Waals surface area contributed by atoms with Gasteiger partial charge in [0.2, 0.25) is 0 Å². The monoisotopic (exact) mass is 556 g/mol. The lowest BCUT2D eigenvalue weighted by Gasteiger charge is -2.35. The van der Waals surface area contributed by atoms with Crippen LogP contribution in [-0.4, -0.2) is 88.3 Å². The molecule has 39 heavy (non-hydrogen) atoms. The average molecular weight is 557 g/mol. The summed E-state index contributed by atoms with van der Waals surface area (Å²) < 4.78 is 41.2. The second-order valence-electron chi connectivity index (χ2n) is 10.7. The topological polar surface area (TPSA) is 126 Å². The van der Waals surface area contributed by atoms with Crippen LogP contribution in [0.5, 0.6) is 0 Å². The molecule has 2 fully saturated rings. The van der Waals surface area contributed by atoms with Crippen molar-refractivity contribution < 1.29 is 22.7 Å². The van der Waals surface area contributed by atoms with Gasteiger partial charge in [0.05, 0.1) is 30.8 Å². The van der Waals surface area contributed by atoms with E-state index in [2.05, 4.69) is 43.3 Å². The predicted octanol–water partition coefficient (Wildman–Crippen LogP) is 2.45. The summed E-state index contributed by atoms with van der Waals surface area (Å²) in [7, 11) is -4.11. The number of rotatable bonds is 8. The number of morpholine rings is 1. The number of hydrogen-bond acceptors (Lipinski definition) is 9. The Hall–Kier alpha value is -3.09. The van der Waals surface area contributed by atoms with Gasteiger partial charge in [-0.2, -0.15) is 4.99 Å². The molecule has 4 aliphatic rings. The van der Waals surface area contributed by atoms with E-state index in [9.17, 15) is 13.2 Å². The number of anilines is 2. The Bertz CT molecular complexity index is 1300. The van der Waals surface area contributed by atoms with Crippen molar-refractivity contribution >= 4 is 39.0 Å². The molecule has 1 aliphatic carbocycles. The highest BCUT2D eigenvalue weighted by atomic mass is 32.2. The first-order chi connectivity index (χ1) is 18.7. The number of amides is 1. The van der Waals surface area contributed by atoms with Gasteiger partial charge in [0.15, 0.2) is 0 Å². The lowest BCUT2D eigenvalue weighted by Crippen LogP contribution is -2.39. The number of aliphatic imine (C=N–C) groups is 2. The van der Waals surface area contributed by atoms with E-state index >= 15 is 0 Å². The van der Waals surface area contributed by atoms with Gasteiger partial charge in [-0.15, -0.1) is 0 Å². The number of piperidine rings is 1. The molecular formula is C27H36N6O5S. The van der Waals surface area contributed by atoms with Gasteiger partial charge in [0.1, 0.15) is 34.8 Å². The van der Waals surface area contributed by atoms with Crippen molar-refractivity contribution in [1.82, 2.24) is 9.88 Å². The van der Waals surface area contributed by atoms with E-state index in [1.807, 2.05) is 6.07 Å². The summed E-state index contributed by atoms with van der Waals surface area (Å²) in [6.45, 7) is 11.8. The molecule has 12 heteroatoms. The van der Waals surface area contributed by atoms with Crippen molar-refractivity contribution in [2.45, 2.75) is 27.2 Å². The fourth-order valence-corrected chi connectivity index (χ4v) is 6.73. The Morgan fingerprint density at radius 1 is 1.13 bits per heavy atom. The van der Waals surface area contributed by atoms with E-state index in [-0.39, 0.29) is 17.3 Å². The molecule has 0 bridgehead atoms. The summed E-state index contributed by atoms with van der Waals surface area (Å²) in [5.74, 6) is 1.11. The summed E-state index contributed by atoms with van der Waals surface area (Å²) in [6, 6.07) is 3.54. The van der Waals surface area contributed by atoms with Gasteiger partial charge >= 0.3 is 0 Å². The number of allylic oxidation sites excluding steroid dienone is 1. The summed E-state index contributed by atoms with van der Waals surface area (Å²) in [5, 5.41) is 0. The first-order valence-electron chi connectivity index (χ1n) is 13.5. The van der Waals surface area contributed by atoms with Gasteiger partial charge in [-0.3, -0.25) is 14.4 Å². The van der Waals surface area contributed by atoms with E-state index in [1.54, 1.807) is 13.0 Å². The van der Waals surface area contributed by atoms with Gasteiger partial charge in [-0.1, -0.05) is 13.8 Å². The zero-order chi connectivity index (χ0) is 27.6. The third-order valence-electron chi connectivity index (χ3n) is 7.24. The molecule has 1 aromatic heterocycles. The Morgan fingerprint density at radius 3 is 2.56 bits per heavy atom. The van der Waals surface area contributed by atoms with Crippen LogP contribution in [0.25, 0.3) is 0 Å². The number of nitrogens with one attached hydrogen (secondary N) is 1. The van der Waals surface area contributed by atoms with Crippen LogP contribution in [0.4, 0.5) is 11.5 Å². The van der Waals surface area contributed by atoms with Crippen LogP contribution in [0.15, 0.2) is 51.1 Å². The van der Waals surface area contributed by atoms with E-state index in [0.717, 1.165) is 32.0 Å². The lowest BCUT2D eigenvalue weighted by molar-refractivity contribution is -0.118. The Balaban J connectivity index is 1.33. The van der Waals surface area contributed by atoms with Gasteiger partial charge in [-0.25, -0.2) is 18.4 Å². The molecule has 1 N–H and O–H groups in total. The zero-order valence-electron chi connectivity index (χ0n) is 22.7. The number of carbonyl (C=O) groups is 1. The number of carbonyl (C=O) groups excluding carboxylic acids is 1. The van der Waals surface area contributed by atoms with Crippen LogP contribution in [0.3, 0.4) is 0 Å². The normalized spacial score (nSPS) is 26.2. The van der Waals surface area contributed by atoms with E-state index < -0.39 is 21.8 Å². The minimum Gasteiger partial charge on any atom is -0.491 e. The third-order valence-corrected chi connectivity index (χ3v) is 8.66. The Labute approximate surface area is 229 Å². The van der Waals surface area contributed by atoms with E-state index in [0.29, 0.717) is 48.8 Å². The molecule has 1 amide bonds. The smallest absolute Gasteiger partial charge is 0.265 e. The number of amidine groups is 1. The van der Waals surface area contributed by atoms with Gasteiger partial charge in [0.25, 0.3) is 15.9 Å². The largest absolute Gasteiger partial charge is 0.491 e.